The molecule has 18 heavy (non-hydrogen) atoms. The van der Waals surface area contributed by atoms with Gasteiger partial charge in [-0.15, -0.1) is 0 Å². The number of hydrogen-bond donors (Lipinski definition) is 1. The largest absolute Gasteiger partial charge is 0.379 e. The molecule has 0 radical (unpaired) electrons. The van der Waals surface area contributed by atoms with E-state index >= 15 is 0 Å². The highest BCUT2D eigenvalue weighted by molar-refractivity contribution is 5.27. The van der Waals surface area contributed by atoms with Crippen LogP contribution in [0.15, 0.2) is 24.3 Å². The summed E-state index contributed by atoms with van der Waals surface area (Å²) in [6, 6.07) is 8.48. The van der Waals surface area contributed by atoms with Crippen molar-refractivity contribution in [2.24, 2.45) is 11.1 Å². The Hall–Kier alpha value is -0.860. The van der Waals surface area contributed by atoms with Gasteiger partial charge in [-0.25, -0.2) is 0 Å². The van der Waals surface area contributed by atoms with E-state index in [0.29, 0.717) is 5.92 Å². The Morgan fingerprint density at radius 3 is 1.78 bits per heavy atom. The van der Waals surface area contributed by atoms with Crippen LogP contribution in [0.1, 0.15) is 57.7 Å². The Morgan fingerprint density at radius 1 is 1.00 bits per heavy atom. The first kappa shape index (κ1) is 15.2. The molecule has 2 heteroatoms. The van der Waals surface area contributed by atoms with E-state index in [1.54, 1.807) is 7.11 Å². The van der Waals surface area contributed by atoms with Crippen LogP contribution in [0.4, 0.5) is 0 Å². The Morgan fingerprint density at radius 2 is 1.44 bits per heavy atom. The van der Waals surface area contributed by atoms with Crippen molar-refractivity contribution >= 4 is 0 Å². The van der Waals surface area contributed by atoms with Gasteiger partial charge in [0.05, 0.1) is 12.1 Å². The fraction of sp³-hybridized carbons (Fsp3) is 0.625. The molecule has 0 aliphatic rings. The third-order valence-electron chi connectivity index (χ3n) is 3.42. The smallest absolute Gasteiger partial charge is 0.0811 e. The summed E-state index contributed by atoms with van der Waals surface area (Å²) >= 11 is 0. The molecule has 0 fully saturated rings. The van der Waals surface area contributed by atoms with Crippen LogP contribution < -0.4 is 5.73 Å². The molecule has 2 atom stereocenters. The highest BCUT2D eigenvalue weighted by Gasteiger charge is 2.30. The van der Waals surface area contributed by atoms with Crippen LogP contribution in [0.5, 0.6) is 0 Å². The van der Waals surface area contributed by atoms with Crippen LogP contribution >= 0.6 is 0 Å². The monoisotopic (exact) mass is 249 g/mol. The summed E-state index contributed by atoms with van der Waals surface area (Å²) < 4.78 is 5.58. The Labute approximate surface area is 112 Å². The van der Waals surface area contributed by atoms with E-state index in [9.17, 15) is 0 Å². The zero-order valence-corrected chi connectivity index (χ0v) is 12.5. The van der Waals surface area contributed by atoms with Gasteiger partial charge in [0.1, 0.15) is 0 Å². The number of methoxy groups -OCH3 is 1. The summed E-state index contributed by atoms with van der Waals surface area (Å²) in [6.07, 6.45) is 0.0161. The lowest BCUT2D eigenvalue weighted by Gasteiger charge is -2.34. The molecule has 0 saturated heterocycles. The number of rotatable bonds is 4. The van der Waals surface area contributed by atoms with Gasteiger partial charge in [-0.2, -0.15) is 0 Å². The van der Waals surface area contributed by atoms with E-state index in [1.165, 1.54) is 5.56 Å². The van der Waals surface area contributed by atoms with Crippen LogP contribution in [0.3, 0.4) is 0 Å². The SMILES string of the molecule is COC(C(N)c1ccc(C(C)C)cc1)C(C)(C)C. The summed E-state index contributed by atoms with van der Waals surface area (Å²) in [5.41, 5.74) is 8.85. The fourth-order valence-electron chi connectivity index (χ4n) is 2.32. The highest BCUT2D eigenvalue weighted by atomic mass is 16.5. The number of benzene rings is 1. The predicted octanol–water partition coefficient (Wildman–Crippen LogP) is 3.87. The Kier molecular flexibility index (Phi) is 4.94. The van der Waals surface area contributed by atoms with E-state index < -0.39 is 0 Å². The molecule has 2 unspecified atom stereocenters. The van der Waals surface area contributed by atoms with Crippen molar-refractivity contribution in [1.29, 1.82) is 0 Å². The van der Waals surface area contributed by atoms with Crippen LogP contribution in [0.2, 0.25) is 0 Å². The average molecular weight is 249 g/mol. The van der Waals surface area contributed by atoms with Crippen molar-refractivity contribution in [3.05, 3.63) is 35.4 Å². The van der Waals surface area contributed by atoms with Gasteiger partial charge in [0.2, 0.25) is 0 Å². The summed E-state index contributed by atoms with van der Waals surface area (Å²) in [5.74, 6) is 0.552. The topological polar surface area (TPSA) is 35.2 Å². The van der Waals surface area contributed by atoms with Gasteiger partial charge in [-0.1, -0.05) is 58.9 Å². The minimum Gasteiger partial charge on any atom is -0.379 e. The van der Waals surface area contributed by atoms with Crippen molar-refractivity contribution in [3.8, 4) is 0 Å². The van der Waals surface area contributed by atoms with E-state index in [2.05, 4.69) is 58.9 Å². The summed E-state index contributed by atoms with van der Waals surface area (Å²) in [6.45, 7) is 10.9. The number of ether oxygens (including phenoxy) is 1. The normalized spacial score (nSPS) is 15.8. The van der Waals surface area contributed by atoms with Crippen LogP contribution in [0.25, 0.3) is 0 Å². The first-order valence-electron chi connectivity index (χ1n) is 6.65. The van der Waals surface area contributed by atoms with E-state index in [-0.39, 0.29) is 17.6 Å². The average Bonchev–Trinajstić information content (AvgIpc) is 2.28. The van der Waals surface area contributed by atoms with Crippen molar-refractivity contribution < 1.29 is 4.74 Å². The lowest BCUT2D eigenvalue weighted by atomic mass is 9.82. The number of hydrogen-bond acceptors (Lipinski definition) is 2. The van der Waals surface area contributed by atoms with Gasteiger partial charge >= 0.3 is 0 Å². The second-order valence-corrected chi connectivity index (χ2v) is 6.37. The highest BCUT2D eigenvalue weighted by Crippen LogP contribution is 2.31. The van der Waals surface area contributed by atoms with E-state index in [0.717, 1.165) is 5.56 Å². The van der Waals surface area contributed by atoms with Crippen molar-refractivity contribution in [3.63, 3.8) is 0 Å². The Balaban J connectivity index is 2.92. The molecule has 0 saturated carbocycles. The zero-order chi connectivity index (χ0) is 13.9. The van der Waals surface area contributed by atoms with Crippen molar-refractivity contribution in [2.45, 2.75) is 52.7 Å². The van der Waals surface area contributed by atoms with Crippen molar-refractivity contribution in [1.82, 2.24) is 0 Å². The van der Waals surface area contributed by atoms with Crippen LogP contribution in [-0.4, -0.2) is 13.2 Å². The quantitative estimate of drug-likeness (QED) is 0.879. The van der Waals surface area contributed by atoms with Crippen LogP contribution in [0, 0.1) is 5.41 Å². The minimum absolute atomic E-state index is 0.0161. The lowest BCUT2D eigenvalue weighted by Crippen LogP contribution is -2.38. The van der Waals surface area contributed by atoms with Gasteiger partial charge in [0.15, 0.2) is 0 Å². The summed E-state index contributed by atoms with van der Waals surface area (Å²) in [7, 11) is 1.73. The summed E-state index contributed by atoms with van der Waals surface area (Å²) in [5, 5.41) is 0. The Bertz CT molecular complexity index is 362. The van der Waals surface area contributed by atoms with Gasteiger partial charge in [0.25, 0.3) is 0 Å². The standard InChI is InChI=1S/C16H27NO/c1-11(2)12-7-9-13(10-8-12)14(17)15(18-6)16(3,4)5/h7-11,14-15H,17H2,1-6H3. The number of nitrogens with two attached hydrogens (primary N) is 1. The predicted molar refractivity (Wildman–Crippen MR) is 77.7 cm³/mol. The van der Waals surface area contributed by atoms with E-state index in [1.807, 2.05) is 0 Å². The molecule has 2 N–H and O–H groups in total. The fourth-order valence-corrected chi connectivity index (χ4v) is 2.32. The zero-order valence-electron chi connectivity index (χ0n) is 12.5. The van der Waals surface area contributed by atoms with Crippen molar-refractivity contribution in [2.75, 3.05) is 7.11 Å². The maximum absolute atomic E-state index is 6.34. The molecule has 1 aromatic rings. The molecule has 0 bridgehead atoms. The molecule has 0 aromatic heterocycles. The molecule has 1 aromatic carbocycles. The minimum atomic E-state index is -0.0868. The van der Waals surface area contributed by atoms with E-state index in [4.69, 9.17) is 10.5 Å². The molecular formula is C16H27NO. The molecule has 0 heterocycles. The maximum Gasteiger partial charge on any atom is 0.0811 e. The molecule has 0 aliphatic carbocycles. The molecule has 2 nitrogen and oxygen atoms in total. The molecule has 0 aliphatic heterocycles. The molecular weight excluding hydrogens is 222 g/mol. The van der Waals surface area contributed by atoms with Gasteiger partial charge in [-0.05, 0) is 22.5 Å². The second kappa shape index (κ2) is 5.85. The first-order chi connectivity index (χ1) is 8.27. The molecule has 0 amide bonds. The molecule has 0 spiro atoms. The van der Waals surface area contributed by atoms with Gasteiger partial charge in [0, 0.05) is 7.11 Å². The maximum atomic E-state index is 6.34. The third kappa shape index (κ3) is 3.56. The van der Waals surface area contributed by atoms with Gasteiger partial charge in [-0.3, -0.25) is 0 Å². The lowest BCUT2D eigenvalue weighted by molar-refractivity contribution is -0.00243. The summed E-state index contributed by atoms with van der Waals surface area (Å²) in [4.78, 5) is 0. The molecule has 1 rings (SSSR count). The first-order valence-corrected chi connectivity index (χ1v) is 6.65. The molecule has 102 valence electrons. The van der Waals surface area contributed by atoms with Crippen LogP contribution in [-0.2, 0) is 4.74 Å². The van der Waals surface area contributed by atoms with Gasteiger partial charge < -0.3 is 10.5 Å². The second-order valence-electron chi connectivity index (χ2n) is 6.37. The third-order valence-corrected chi connectivity index (χ3v) is 3.42.